The minimum Gasteiger partial charge on any atom is -0.458 e. The number of alkyl halides is 1. The number of halogens is 1. The molecule has 3 heteroatoms. The second-order valence-corrected chi connectivity index (χ2v) is 8.80. The fraction of sp³-hybridized carbons (Fsp3) is 0.308. The first-order valence-corrected chi connectivity index (χ1v) is 10.7. The molecule has 3 aliphatic rings. The van der Waals surface area contributed by atoms with Crippen LogP contribution in [0.4, 0.5) is 0 Å². The first-order chi connectivity index (χ1) is 13.9. The summed E-state index contributed by atoms with van der Waals surface area (Å²) in [6.07, 6.45) is 11.3. The fourth-order valence-electron chi connectivity index (χ4n) is 4.30. The number of dihydropyridines is 1. The average molecular weight is 406 g/mol. The van der Waals surface area contributed by atoms with Gasteiger partial charge in [-0.2, -0.15) is 0 Å². The molecular weight excluding hydrogens is 378 g/mol. The molecule has 1 aromatic carbocycles. The van der Waals surface area contributed by atoms with Gasteiger partial charge in [-0.25, -0.2) is 0 Å². The van der Waals surface area contributed by atoms with Gasteiger partial charge >= 0.3 is 0 Å². The van der Waals surface area contributed by atoms with Crippen LogP contribution in [0.2, 0.25) is 0 Å². The molecule has 0 saturated heterocycles. The molecule has 150 valence electrons. The summed E-state index contributed by atoms with van der Waals surface area (Å²) in [4.78, 5) is 0. The molecule has 0 bridgehead atoms. The van der Waals surface area contributed by atoms with Crippen molar-refractivity contribution >= 4 is 17.2 Å². The smallest absolute Gasteiger partial charge is 0.127 e. The molecule has 0 amide bonds. The Labute approximate surface area is 179 Å². The molecule has 2 unspecified atom stereocenters. The van der Waals surface area contributed by atoms with Gasteiger partial charge < -0.3 is 10.1 Å². The van der Waals surface area contributed by atoms with Crippen LogP contribution in [-0.2, 0) is 0 Å². The Bertz CT molecular complexity index is 988. The number of hydrogen-bond donors (Lipinski definition) is 1. The summed E-state index contributed by atoms with van der Waals surface area (Å²) in [6.45, 7) is 11.0. The molecule has 0 aromatic heterocycles. The van der Waals surface area contributed by atoms with Crippen molar-refractivity contribution in [2.24, 2.45) is 5.92 Å². The van der Waals surface area contributed by atoms with E-state index in [0.29, 0.717) is 0 Å². The summed E-state index contributed by atoms with van der Waals surface area (Å²) in [5.41, 5.74) is 8.59. The van der Waals surface area contributed by atoms with Gasteiger partial charge in [-0.1, -0.05) is 37.8 Å². The predicted octanol–water partition coefficient (Wildman–Crippen LogP) is 7.04. The van der Waals surface area contributed by atoms with Crippen LogP contribution in [0.3, 0.4) is 0 Å². The molecule has 4 rings (SSSR count). The maximum atomic E-state index is 6.27. The van der Waals surface area contributed by atoms with Crippen LogP contribution in [0.5, 0.6) is 5.75 Å². The third kappa shape index (κ3) is 4.28. The number of allylic oxidation sites excluding steroid dienone is 10. The molecule has 2 atom stereocenters. The lowest BCUT2D eigenvalue weighted by atomic mass is 9.79. The summed E-state index contributed by atoms with van der Waals surface area (Å²) in [5, 5.41) is 3.49. The average Bonchev–Trinajstić information content (AvgIpc) is 2.83. The van der Waals surface area contributed by atoms with E-state index >= 15 is 0 Å². The van der Waals surface area contributed by atoms with Crippen LogP contribution < -0.4 is 10.1 Å². The second-order valence-electron chi connectivity index (χ2n) is 8.30. The largest absolute Gasteiger partial charge is 0.458 e. The van der Waals surface area contributed by atoms with E-state index in [4.69, 9.17) is 16.3 Å². The van der Waals surface area contributed by atoms with Gasteiger partial charge in [-0.3, -0.25) is 0 Å². The number of hydrogen-bond acceptors (Lipinski definition) is 2. The zero-order valence-corrected chi connectivity index (χ0v) is 18.1. The van der Waals surface area contributed by atoms with Gasteiger partial charge in [0.1, 0.15) is 11.5 Å². The Morgan fingerprint density at radius 2 is 1.93 bits per heavy atom. The third-order valence-corrected chi connectivity index (χ3v) is 6.07. The van der Waals surface area contributed by atoms with Crippen LogP contribution in [0.25, 0.3) is 5.57 Å². The van der Waals surface area contributed by atoms with Gasteiger partial charge in [0, 0.05) is 17.0 Å². The molecule has 29 heavy (non-hydrogen) atoms. The normalized spacial score (nSPS) is 24.5. The maximum Gasteiger partial charge on any atom is 0.127 e. The quantitative estimate of drug-likeness (QED) is 0.544. The minimum absolute atomic E-state index is 0.164. The molecule has 1 N–H and O–H groups in total. The van der Waals surface area contributed by atoms with Crippen molar-refractivity contribution in [3.05, 3.63) is 94.6 Å². The van der Waals surface area contributed by atoms with Crippen LogP contribution in [0.15, 0.2) is 89.0 Å². The molecule has 1 aliphatic heterocycles. The van der Waals surface area contributed by atoms with Crippen molar-refractivity contribution in [1.29, 1.82) is 0 Å². The predicted molar refractivity (Wildman–Crippen MR) is 123 cm³/mol. The molecule has 0 radical (unpaired) electrons. The van der Waals surface area contributed by atoms with E-state index in [9.17, 15) is 0 Å². The number of ether oxygens (including phenoxy) is 1. The van der Waals surface area contributed by atoms with E-state index in [-0.39, 0.29) is 5.38 Å². The Balaban J connectivity index is 1.55. The van der Waals surface area contributed by atoms with E-state index < -0.39 is 0 Å². The molecule has 0 saturated carbocycles. The van der Waals surface area contributed by atoms with E-state index in [1.54, 1.807) is 0 Å². The monoisotopic (exact) mass is 405 g/mol. The Morgan fingerprint density at radius 3 is 2.69 bits per heavy atom. The second kappa shape index (κ2) is 8.12. The first kappa shape index (κ1) is 19.8. The van der Waals surface area contributed by atoms with Gasteiger partial charge in [-0.05, 0) is 85.6 Å². The molecule has 1 heterocycles. The first-order valence-electron chi connectivity index (χ1n) is 10.3. The van der Waals surface area contributed by atoms with Gasteiger partial charge in [0.15, 0.2) is 0 Å². The minimum atomic E-state index is -0.164. The molecule has 2 aliphatic carbocycles. The van der Waals surface area contributed by atoms with E-state index in [1.807, 2.05) is 43.4 Å². The highest BCUT2D eigenvalue weighted by atomic mass is 35.5. The van der Waals surface area contributed by atoms with Crippen LogP contribution in [0.1, 0.15) is 45.6 Å². The lowest BCUT2D eigenvalue weighted by Crippen LogP contribution is -2.25. The standard InChI is InChI=1S/C26H28ClNO/c1-16-5-9-21(27)15-23(13-16)29-22-10-7-20(8-11-22)26-18(3)24-12-6-17(2)14-25(24)28-19(26)4/h5,7-11,13,15,17,21,28H,3,6,12,14H2,1-2,4H3. The zero-order chi connectivity index (χ0) is 20.5. The van der Waals surface area contributed by atoms with E-state index in [0.717, 1.165) is 47.0 Å². The van der Waals surface area contributed by atoms with Crippen molar-refractivity contribution in [2.45, 2.75) is 45.4 Å². The molecular formula is C26H28ClNO. The number of benzene rings is 1. The molecule has 0 fully saturated rings. The summed E-state index contributed by atoms with van der Waals surface area (Å²) < 4.78 is 6.07. The Kier molecular flexibility index (Phi) is 5.56. The summed E-state index contributed by atoms with van der Waals surface area (Å²) in [7, 11) is 0. The lowest BCUT2D eigenvalue weighted by Gasteiger charge is -2.33. The van der Waals surface area contributed by atoms with Crippen molar-refractivity contribution in [1.82, 2.24) is 5.32 Å². The van der Waals surface area contributed by atoms with E-state index in [1.165, 1.54) is 29.0 Å². The van der Waals surface area contributed by atoms with Gasteiger partial charge in [0.2, 0.25) is 0 Å². The number of rotatable bonds is 3. The maximum absolute atomic E-state index is 6.27. The summed E-state index contributed by atoms with van der Waals surface area (Å²) in [6, 6.07) is 8.26. The number of nitrogens with one attached hydrogen (secondary N) is 1. The van der Waals surface area contributed by atoms with E-state index in [2.05, 4.69) is 37.9 Å². The van der Waals surface area contributed by atoms with Gasteiger partial charge in [0.25, 0.3) is 0 Å². The highest BCUT2D eigenvalue weighted by Gasteiger charge is 2.27. The molecule has 0 spiro atoms. The highest BCUT2D eigenvalue weighted by molar-refractivity contribution is 6.23. The Hall–Kier alpha value is -2.45. The van der Waals surface area contributed by atoms with Crippen LogP contribution >= 0.6 is 11.6 Å². The highest BCUT2D eigenvalue weighted by Crippen LogP contribution is 2.41. The van der Waals surface area contributed by atoms with Crippen molar-refractivity contribution < 1.29 is 4.74 Å². The SMILES string of the molecule is C=C1C2=C(CC(C)CC2)NC(C)=C1c1ccc(OC2=CC(Cl)C=CC(C)=C2)cc1. The summed E-state index contributed by atoms with van der Waals surface area (Å²) in [5.74, 6) is 2.30. The van der Waals surface area contributed by atoms with Crippen molar-refractivity contribution in [2.75, 3.05) is 0 Å². The van der Waals surface area contributed by atoms with Gasteiger partial charge in [-0.15, -0.1) is 11.6 Å². The molecule has 1 aromatic rings. The van der Waals surface area contributed by atoms with Crippen molar-refractivity contribution in [3.8, 4) is 5.75 Å². The Morgan fingerprint density at radius 1 is 1.17 bits per heavy atom. The topological polar surface area (TPSA) is 21.3 Å². The van der Waals surface area contributed by atoms with Gasteiger partial charge in [0.05, 0.1) is 5.38 Å². The van der Waals surface area contributed by atoms with Crippen LogP contribution in [-0.4, -0.2) is 5.38 Å². The fourth-order valence-corrected chi connectivity index (χ4v) is 4.49. The molecule has 2 nitrogen and oxygen atoms in total. The van der Waals surface area contributed by atoms with Crippen molar-refractivity contribution in [3.63, 3.8) is 0 Å². The van der Waals surface area contributed by atoms with Crippen LogP contribution in [0, 0.1) is 5.92 Å². The zero-order valence-electron chi connectivity index (χ0n) is 17.4. The lowest BCUT2D eigenvalue weighted by molar-refractivity contribution is 0.442. The summed E-state index contributed by atoms with van der Waals surface area (Å²) >= 11 is 6.27. The third-order valence-electron chi connectivity index (χ3n) is 5.80.